The molecule has 106 valence electrons. The molecule has 20 heavy (non-hydrogen) atoms. The van der Waals surface area contributed by atoms with Crippen molar-refractivity contribution in [1.29, 1.82) is 0 Å². The minimum atomic E-state index is 0.605. The second-order valence-corrected chi connectivity index (χ2v) is 5.56. The van der Waals surface area contributed by atoms with Gasteiger partial charge in [-0.3, -0.25) is 4.90 Å². The third-order valence-electron chi connectivity index (χ3n) is 3.80. The Bertz CT molecular complexity index is 575. The molecule has 0 amide bonds. The van der Waals surface area contributed by atoms with E-state index < -0.39 is 0 Å². The first-order valence-corrected chi connectivity index (χ1v) is 7.11. The topological polar surface area (TPSA) is 29.3 Å². The molecule has 0 aliphatic heterocycles. The molecule has 2 rings (SSSR count). The number of aryl methyl sites for hydroxylation is 2. The maximum absolute atomic E-state index is 5.80. The molecule has 0 saturated carbocycles. The monoisotopic (exact) mass is 268 g/mol. The van der Waals surface area contributed by atoms with E-state index in [-0.39, 0.29) is 0 Å². The summed E-state index contributed by atoms with van der Waals surface area (Å²) in [6.07, 6.45) is 0. The summed E-state index contributed by atoms with van der Waals surface area (Å²) < 4.78 is 0. The van der Waals surface area contributed by atoms with Gasteiger partial charge in [-0.25, -0.2) is 0 Å². The van der Waals surface area contributed by atoms with Gasteiger partial charge in [-0.05, 0) is 48.7 Å². The molecule has 2 heteroatoms. The first-order chi connectivity index (χ1) is 9.60. The molecule has 0 radical (unpaired) electrons. The minimum Gasteiger partial charge on any atom is -0.326 e. The van der Waals surface area contributed by atoms with E-state index in [0.717, 1.165) is 13.1 Å². The normalized spacial score (nSPS) is 11.1. The Morgan fingerprint density at radius 1 is 0.900 bits per heavy atom. The van der Waals surface area contributed by atoms with Crippen LogP contribution in [0.2, 0.25) is 0 Å². The van der Waals surface area contributed by atoms with Crippen LogP contribution < -0.4 is 5.73 Å². The molecular weight excluding hydrogens is 244 g/mol. The van der Waals surface area contributed by atoms with Gasteiger partial charge in [-0.1, -0.05) is 42.5 Å². The van der Waals surface area contributed by atoms with Gasteiger partial charge in [0.05, 0.1) is 0 Å². The lowest BCUT2D eigenvalue weighted by Crippen LogP contribution is -2.18. The van der Waals surface area contributed by atoms with E-state index in [9.17, 15) is 0 Å². The van der Waals surface area contributed by atoms with Crippen molar-refractivity contribution < 1.29 is 0 Å². The van der Waals surface area contributed by atoms with Crippen molar-refractivity contribution in [2.45, 2.75) is 33.5 Å². The van der Waals surface area contributed by atoms with Gasteiger partial charge in [-0.15, -0.1) is 0 Å². The Morgan fingerprint density at radius 3 is 2.25 bits per heavy atom. The zero-order valence-corrected chi connectivity index (χ0v) is 12.7. The van der Waals surface area contributed by atoms with Crippen molar-refractivity contribution in [1.82, 2.24) is 4.90 Å². The van der Waals surface area contributed by atoms with Crippen LogP contribution in [-0.4, -0.2) is 11.9 Å². The molecule has 0 bridgehead atoms. The van der Waals surface area contributed by atoms with E-state index in [4.69, 9.17) is 5.73 Å². The van der Waals surface area contributed by atoms with Gasteiger partial charge in [-0.2, -0.15) is 0 Å². The van der Waals surface area contributed by atoms with Gasteiger partial charge >= 0.3 is 0 Å². The highest BCUT2D eigenvalue weighted by molar-refractivity contribution is 5.30. The highest BCUT2D eigenvalue weighted by Crippen LogP contribution is 2.14. The van der Waals surface area contributed by atoms with E-state index in [1.807, 2.05) is 0 Å². The minimum absolute atomic E-state index is 0.605. The quantitative estimate of drug-likeness (QED) is 0.900. The zero-order chi connectivity index (χ0) is 14.5. The lowest BCUT2D eigenvalue weighted by atomic mass is 10.0. The van der Waals surface area contributed by atoms with Crippen LogP contribution in [0.15, 0.2) is 42.5 Å². The summed E-state index contributed by atoms with van der Waals surface area (Å²) in [5.41, 5.74) is 12.4. The Balaban J connectivity index is 2.05. The summed E-state index contributed by atoms with van der Waals surface area (Å²) in [5.74, 6) is 0. The van der Waals surface area contributed by atoms with Crippen molar-refractivity contribution in [2.75, 3.05) is 7.05 Å². The van der Waals surface area contributed by atoms with Crippen LogP contribution >= 0.6 is 0 Å². The van der Waals surface area contributed by atoms with Gasteiger partial charge in [0.1, 0.15) is 0 Å². The van der Waals surface area contributed by atoms with Crippen LogP contribution in [-0.2, 0) is 19.6 Å². The molecular formula is C18H24N2. The van der Waals surface area contributed by atoms with E-state index in [0.29, 0.717) is 6.54 Å². The van der Waals surface area contributed by atoms with Crippen molar-refractivity contribution in [3.8, 4) is 0 Å². The molecule has 0 fully saturated rings. The highest BCUT2D eigenvalue weighted by Gasteiger charge is 2.06. The fourth-order valence-electron chi connectivity index (χ4n) is 2.47. The highest BCUT2D eigenvalue weighted by atomic mass is 15.1. The van der Waals surface area contributed by atoms with Crippen molar-refractivity contribution in [3.05, 3.63) is 70.3 Å². The fraction of sp³-hybridized carbons (Fsp3) is 0.333. The van der Waals surface area contributed by atoms with Crippen LogP contribution in [0.1, 0.15) is 27.8 Å². The molecule has 2 nitrogen and oxygen atoms in total. The van der Waals surface area contributed by atoms with Crippen molar-refractivity contribution >= 4 is 0 Å². The number of hydrogen-bond acceptors (Lipinski definition) is 2. The third-order valence-corrected chi connectivity index (χ3v) is 3.80. The predicted molar refractivity (Wildman–Crippen MR) is 85.4 cm³/mol. The van der Waals surface area contributed by atoms with Crippen LogP contribution in [0.4, 0.5) is 0 Å². The lowest BCUT2D eigenvalue weighted by molar-refractivity contribution is 0.318. The molecule has 0 aliphatic rings. The number of hydrogen-bond donors (Lipinski definition) is 1. The summed E-state index contributed by atoms with van der Waals surface area (Å²) in [7, 11) is 2.16. The molecule has 0 saturated heterocycles. The van der Waals surface area contributed by atoms with Gasteiger partial charge < -0.3 is 5.73 Å². The maximum Gasteiger partial charge on any atom is 0.0237 e. The number of nitrogens with two attached hydrogens (primary N) is 1. The summed E-state index contributed by atoms with van der Waals surface area (Å²) in [6, 6.07) is 15.1. The molecule has 0 heterocycles. The van der Waals surface area contributed by atoms with Gasteiger partial charge in [0.15, 0.2) is 0 Å². The van der Waals surface area contributed by atoms with E-state index in [1.165, 1.54) is 27.8 Å². The molecule has 0 aliphatic carbocycles. The standard InChI is InChI=1S/C18H24N2/c1-14-8-9-16(10-15(14)2)12-20(3)13-18-7-5-4-6-17(18)11-19/h4-10H,11-13,19H2,1-3H3. The Morgan fingerprint density at radius 2 is 1.60 bits per heavy atom. The zero-order valence-electron chi connectivity index (χ0n) is 12.7. The lowest BCUT2D eigenvalue weighted by Gasteiger charge is -2.19. The van der Waals surface area contributed by atoms with E-state index >= 15 is 0 Å². The average Bonchev–Trinajstić information content (AvgIpc) is 2.43. The Kier molecular flexibility index (Phi) is 4.94. The summed E-state index contributed by atoms with van der Waals surface area (Å²) in [5, 5.41) is 0. The molecule has 2 aromatic rings. The smallest absolute Gasteiger partial charge is 0.0237 e. The van der Waals surface area contributed by atoms with Gasteiger partial charge in [0, 0.05) is 19.6 Å². The first kappa shape index (κ1) is 14.8. The molecule has 0 spiro atoms. The van der Waals surface area contributed by atoms with Crippen LogP contribution in [0.3, 0.4) is 0 Å². The first-order valence-electron chi connectivity index (χ1n) is 7.11. The number of benzene rings is 2. The molecule has 2 N–H and O–H groups in total. The molecule has 0 unspecified atom stereocenters. The third kappa shape index (κ3) is 3.69. The second kappa shape index (κ2) is 6.69. The van der Waals surface area contributed by atoms with Crippen molar-refractivity contribution in [3.63, 3.8) is 0 Å². The second-order valence-electron chi connectivity index (χ2n) is 5.56. The maximum atomic E-state index is 5.80. The summed E-state index contributed by atoms with van der Waals surface area (Å²) in [6.45, 7) is 6.82. The summed E-state index contributed by atoms with van der Waals surface area (Å²) >= 11 is 0. The van der Waals surface area contributed by atoms with Gasteiger partial charge in [0.2, 0.25) is 0 Å². The van der Waals surface area contributed by atoms with E-state index in [1.54, 1.807) is 0 Å². The average molecular weight is 268 g/mol. The largest absolute Gasteiger partial charge is 0.326 e. The van der Waals surface area contributed by atoms with E-state index in [2.05, 4.69) is 68.3 Å². The Hall–Kier alpha value is -1.64. The molecule has 0 aromatic heterocycles. The Labute approximate surface area is 122 Å². The van der Waals surface area contributed by atoms with Crippen LogP contribution in [0, 0.1) is 13.8 Å². The predicted octanol–water partition coefficient (Wildman–Crippen LogP) is 3.39. The van der Waals surface area contributed by atoms with Crippen molar-refractivity contribution in [2.24, 2.45) is 5.73 Å². The van der Waals surface area contributed by atoms with Crippen LogP contribution in [0.25, 0.3) is 0 Å². The summed E-state index contributed by atoms with van der Waals surface area (Å²) in [4.78, 5) is 2.33. The van der Waals surface area contributed by atoms with Gasteiger partial charge in [0.25, 0.3) is 0 Å². The van der Waals surface area contributed by atoms with Crippen LogP contribution in [0.5, 0.6) is 0 Å². The molecule has 2 aromatic carbocycles. The number of nitrogens with zero attached hydrogens (tertiary/aromatic N) is 1. The fourth-order valence-corrected chi connectivity index (χ4v) is 2.47. The molecule has 0 atom stereocenters. The SMILES string of the molecule is Cc1ccc(CN(C)Cc2ccccc2CN)cc1C. The number of rotatable bonds is 5.